The summed E-state index contributed by atoms with van der Waals surface area (Å²) in [7, 11) is 0. The lowest BCUT2D eigenvalue weighted by atomic mass is 9.93. The molecule has 1 aromatic rings. The normalized spacial score (nSPS) is 25.7. The summed E-state index contributed by atoms with van der Waals surface area (Å²) in [6.07, 6.45) is 1.57. The number of rotatable bonds is 5. The van der Waals surface area contributed by atoms with Crippen LogP contribution in [0.15, 0.2) is 41.6 Å². The fraction of sp³-hybridized carbons (Fsp3) is 0.500. The minimum atomic E-state index is -0.165. The van der Waals surface area contributed by atoms with Crippen molar-refractivity contribution in [2.75, 3.05) is 0 Å². The number of benzene rings is 1. The highest BCUT2D eigenvalue weighted by atomic mass is 16.2. The first-order chi connectivity index (χ1) is 10.9. The third-order valence-electron chi connectivity index (χ3n) is 5.69. The Morgan fingerprint density at radius 3 is 2.48 bits per heavy atom. The lowest BCUT2D eigenvalue weighted by Gasteiger charge is -2.19. The molecule has 2 aliphatic rings. The largest absolute Gasteiger partial charge is 0.329 e. The molecule has 0 unspecified atom stereocenters. The van der Waals surface area contributed by atoms with E-state index in [1.165, 1.54) is 0 Å². The van der Waals surface area contributed by atoms with Gasteiger partial charge in [0.15, 0.2) is 5.78 Å². The monoisotopic (exact) mass is 311 g/mol. The second-order valence-corrected chi connectivity index (χ2v) is 7.42. The predicted octanol–water partition coefficient (Wildman–Crippen LogP) is 3.82. The Labute approximate surface area is 138 Å². The van der Waals surface area contributed by atoms with Crippen molar-refractivity contribution in [3.8, 4) is 0 Å². The van der Waals surface area contributed by atoms with Crippen LogP contribution in [0.4, 0.5) is 0 Å². The van der Waals surface area contributed by atoms with E-state index in [9.17, 15) is 9.59 Å². The molecule has 0 aromatic heterocycles. The second kappa shape index (κ2) is 5.63. The molecule has 3 heteroatoms. The van der Waals surface area contributed by atoms with Crippen LogP contribution in [0.1, 0.15) is 52.0 Å². The highest BCUT2D eigenvalue weighted by Crippen LogP contribution is 2.68. The third kappa shape index (κ3) is 2.62. The smallest absolute Gasteiger partial charge is 0.231 e. The van der Waals surface area contributed by atoms with E-state index in [2.05, 4.69) is 19.2 Å². The summed E-state index contributed by atoms with van der Waals surface area (Å²) in [6.45, 7) is 8.06. The molecular weight excluding hydrogens is 286 g/mol. The van der Waals surface area contributed by atoms with E-state index in [-0.39, 0.29) is 23.0 Å². The highest BCUT2D eigenvalue weighted by Gasteiger charge is 2.64. The van der Waals surface area contributed by atoms with Crippen molar-refractivity contribution in [3.05, 3.63) is 47.2 Å². The summed E-state index contributed by atoms with van der Waals surface area (Å²) in [5.74, 6) is 0.778. The molecule has 0 saturated heterocycles. The van der Waals surface area contributed by atoms with E-state index in [1.807, 2.05) is 37.3 Å². The zero-order valence-corrected chi connectivity index (χ0v) is 14.3. The molecule has 0 aliphatic heterocycles. The van der Waals surface area contributed by atoms with E-state index >= 15 is 0 Å². The van der Waals surface area contributed by atoms with Crippen molar-refractivity contribution in [1.29, 1.82) is 0 Å². The predicted molar refractivity (Wildman–Crippen MR) is 90.7 cm³/mol. The number of fused-ring (bicyclic) bond motifs is 1. The molecule has 1 fully saturated rings. The molecule has 0 radical (unpaired) electrons. The Morgan fingerprint density at radius 2 is 1.91 bits per heavy atom. The van der Waals surface area contributed by atoms with Crippen LogP contribution >= 0.6 is 0 Å². The number of hydrogen-bond acceptors (Lipinski definition) is 2. The minimum Gasteiger partial charge on any atom is -0.329 e. The summed E-state index contributed by atoms with van der Waals surface area (Å²) in [6, 6.07) is 9.85. The highest BCUT2D eigenvalue weighted by molar-refractivity contribution is 5.97. The van der Waals surface area contributed by atoms with Crippen molar-refractivity contribution in [1.82, 2.24) is 5.32 Å². The van der Waals surface area contributed by atoms with Crippen LogP contribution in [-0.4, -0.2) is 11.7 Å². The van der Waals surface area contributed by atoms with Gasteiger partial charge in [-0.1, -0.05) is 51.1 Å². The maximum absolute atomic E-state index is 12.7. The molecule has 1 N–H and O–H groups in total. The molecule has 3 atom stereocenters. The Hall–Kier alpha value is -1.90. The second-order valence-electron chi connectivity index (χ2n) is 7.42. The van der Waals surface area contributed by atoms with E-state index in [1.54, 1.807) is 6.92 Å². The van der Waals surface area contributed by atoms with Crippen LogP contribution in [0, 0.1) is 17.3 Å². The van der Waals surface area contributed by atoms with Crippen molar-refractivity contribution >= 4 is 11.7 Å². The van der Waals surface area contributed by atoms with Gasteiger partial charge < -0.3 is 5.32 Å². The van der Waals surface area contributed by atoms with Gasteiger partial charge in [0.1, 0.15) is 0 Å². The molecule has 1 aromatic carbocycles. The van der Waals surface area contributed by atoms with E-state index in [0.717, 1.165) is 29.7 Å². The third-order valence-corrected chi connectivity index (χ3v) is 5.69. The van der Waals surface area contributed by atoms with Crippen LogP contribution in [0.5, 0.6) is 0 Å². The molecule has 1 amide bonds. The average Bonchev–Trinajstić information content (AvgIpc) is 2.85. The molecule has 0 bridgehead atoms. The first kappa shape index (κ1) is 16.0. The van der Waals surface area contributed by atoms with Gasteiger partial charge in [-0.3, -0.25) is 9.59 Å². The maximum Gasteiger partial charge on any atom is 0.231 e. The number of carbonyl (C=O) groups is 2. The quantitative estimate of drug-likeness (QED) is 0.898. The van der Waals surface area contributed by atoms with Crippen LogP contribution in [-0.2, 0) is 9.59 Å². The summed E-state index contributed by atoms with van der Waals surface area (Å²) >= 11 is 0. The van der Waals surface area contributed by atoms with Gasteiger partial charge in [-0.2, -0.15) is 0 Å². The Bertz CT molecular complexity index is 672. The Kier molecular flexibility index (Phi) is 3.91. The molecule has 122 valence electrons. The van der Waals surface area contributed by atoms with Crippen LogP contribution in [0.2, 0.25) is 0 Å². The first-order valence-electron chi connectivity index (χ1n) is 8.47. The number of nitrogens with one attached hydrogen (secondary N) is 1. The molecule has 3 rings (SSSR count). The number of Topliss-reactive ketones (excluding diaryl/α,β-unsaturated/α-hetero) is 1. The van der Waals surface area contributed by atoms with Crippen molar-refractivity contribution in [2.24, 2.45) is 17.3 Å². The van der Waals surface area contributed by atoms with Gasteiger partial charge in [0.05, 0.1) is 5.92 Å². The number of amides is 1. The van der Waals surface area contributed by atoms with E-state index in [4.69, 9.17) is 0 Å². The number of ketones is 1. The summed E-state index contributed by atoms with van der Waals surface area (Å²) in [5, 5.41) is 3.08. The number of allylic oxidation sites excluding steroid dienone is 2. The summed E-state index contributed by atoms with van der Waals surface area (Å²) < 4.78 is 0. The van der Waals surface area contributed by atoms with Crippen LogP contribution in [0.3, 0.4) is 0 Å². The lowest BCUT2D eigenvalue weighted by Crippen LogP contribution is -2.30. The molecule has 2 aliphatic carbocycles. The fourth-order valence-corrected chi connectivity index (χ4v) is 4.26. The fourth-order valence-electron chi connectivity index (χ4n) is 4.26. The molecule has 0 spiro atoms. The number of carbonyl (C=O) groups excluding carboxylic acids is 2. The van der Waals surface area contributed by atoms with Gasteiger partial charge in [0.25, 0.3) is 0 Å². The van der Waals surface area contributed by atoms with Crippen molar-refractivity contribution in [3.63, 3.8) is 0 Å². The van der Waals surface area contributed by atoms with Gasteiger partial charge in [0.2, 0.25) is 5.91 Å². The summed E-state index contributed by atoms with van der Waals surface area (Å²) in [4.78, 5) is 24.8. The minimum absolute atomic E-state index is 0.00607. The lowest BCUT2D eigenvalue weighted by molar-refractivity contribution is -0.122. The van der Waals surface area contributed by atoms with Gasteiger partial charge in [-0.15, -0.1) is 0 Å². The molecule has 3 nitrogen and oxygen atoms in total. The Morgan fingerprint density at radius 1 is 1.26 bits per heavy atom. The van der Waals surface area contributed by atoms with E-state index in [0.29, 0.717) is 11.8 Å². The first-order valence-corrected chi connectivity index (χ1v) is 8.47. The van der Waals surface area contributed by atoms with E-state index < -0.39 is 0 Å². The van der Waals surface area contributed by atoms with Gasteiger partial charge >= 0.3 is 0 Å². The standard InChI is InChI=1S/C20H25NO2/c1-5-14(13-9-7-6-8-10-13)19(23)21-16-11-15-18(20(15,3)4)17(16)12(2)22/h6-10,14-15,18H,5,11H2,1-4H3,(H,21,23)/t14-,15-,18+/m0/s1. The van der Waals surface area contributed by atoms with Gasteiger partial charge in [-0.05, 0) is 42.6 Å². The molecule has 0 heterocycles. The van der Waals surface area contributed by atoms with Gasteiger partial charge in [-0.25, -0.2) is 0 Å². The molecule has 23 heavy (non-hydrogen) atoms. The molecular formula is C20H25NO2. The molecule has 1 saturated carbocycles. The van der Waals surface area contributed by atoms with Crippen LogP contribution in [0.25, 0.3) is 0 Å². The number of hydrogen-bond donors (Lipinski definition) is 1. The average molecular weight is 311 g/mol. The van der Waals surface area contributed by atoms with Crippen molar-refractivity contribution < 1.29 is 9.59 Å². The SMILES string of the molecule is CC[C@H](C(=O)NC1=C(C(C)=O)[C@H]2[C@H](C1)C2(C)C)c1ccccc1. The zero-order chi connectivity index (χ0) is 16.8. The summed E-state index contributed by atoms with van der Waals surface area (Å²) in [5.41, 5.74) is 2.96. The maximum atomic E-state index is 12.7. The Balaban J connectivity index is 1.81. The zero-order valence-electron chi connectivity index (χ0n) is 14.3. The van der Waals surface area contributed by atoms with Crippen LogP contribution < -0.4 is 5.32 Å². The van der Waals surface area contributed by atoms with Gasteiger partial charge in [0, 0.05) is 11.3 Å². The topological polar surface area (TPSA) is 46.2 Å². The van der Waals surface area contributed by atoms with Crippen molar-refractivity contribution in [2.45, 2.75) is 46.5 Å².